The highest BCUT2D eigenvalue weighted by Crippen LogP contribution is 2.24. The summed E-state index contributed by atoms with van der Waals surface area (Å²) >= 11 is 0. The number of rotatable bonds is 3. The first-order chi connectivity index (χ1) is 7.65. The van der Waals surface area contributed by atoms with Gasteiger partial charge in [-0.1, -0.05) is 20.3 Å². The van der Waals surface area contributed by atoms with Gasteiger partial charge in [-0.15, -0.1) is 0 Å². The molecule has 0 aliphatic carbocycles. The molecule has 0 spiro atoms. The number of amides is 1. The lowest BCUT2D eigenvalue weighted by Gasteiger charge is -2.26. The average molecular weight is 226 g/mol. The van der Waals surface area contributed by atoms with Gasteiger partial charge in [-0.05, 0) is 19.3 Å². The summed E-state index contributed by atoms with van der Waals surface area (Å²) in [4.78, 5) is 14.3. The van der Waals surface area contributed by atoms with Gasteiger partial charge in [0.15, 0.2) is 0 Å². The summed E-state index contributed by atoms with van der Waals surface area (Å²) in [6.07, 6.45) is 2.16. The molecule has 92 valence electrons. The van der Waals surface area contributed by atoms with Gasteiger partial charge in [0.1, 0.15) is 0 Å². The van der Waals surface area contributed by atoms with Gasteiger partial charge < -0.3 is 9.64 Å². The quantitative estimate of drug-likeness (QED) is 0.779. The third-order valence-corrected chi connectivity index (χ3v) is 3.87. The first-order valence-corrected chi connectivity index (χ1v) is 6.31. The molecule has 2 aliphatic rings. The van der Waals surface area contributed by atoms with E-state index in [1.54, 1.807) is 0 Å². The lowest BCUT2D eigenvalue weighted by Crippen LogP contribution is -2.43. The summed E-state index contributed by atoms with van der Waals surface area (Å²) in [7, 11) is 0. The molecule has 1 amide bonds. The Kier molecular flexibility index (Phi) is 3.50. The van der Waals surface area contributed by atoms with Gasteiger partial charge in [-0.25, -0.2) is 0 Å². The maximum absolute atomic E-state index is 12.3. The molecule has 0 aromatic carbocycles. The van der Waals surface area contributed by atoms with Crippen molar-refractivity contribution in [1.29, 1.82) is 0 Å². The Morgan fingerprint density at radius 2 is 2.38 bits per heavy atom. The molecule has 0 aromatic rings. The molecule has 0 bridgehead atoms. The van der Waals surface area contributed by atoms with Gasteiger partial charge in [0, 0.05) is 6.61 Å². The topological polar surface area (TPSA) is 41.6 Å². The van der Waals surface area contributed by atoms with Crippen LogP contribution in [0, 0.1) is 5.92 Å². The minimum atomic E-state index is 0.000556. The Morgan fingerprint density at radius 1 is 1.62 bits per heavy atom. The molecule has 16 heavy (non-hydrogen) atoms. The van der Waals surface area contributed by atoms with Crippen molar-refractivity contribution in [2.45, 2.75) is 51.9 Å². The highest BCUT2D eigenvalue weighted by Gasteiger charge is 2.42. The number of nitrogens with one attached hydrogen (secondary N) is 1. The van der Waals surface area contributed by atoms with Crippen LogP contribution in [0.15, 0.2) is 0 Å². The first-order valence-electron chi connectivity index (χ1n) is 6.31. The Balaban J connectivity index is 2.06. The van der Waals surface area contributed by atoms with E-state index in [4.69, 9.17) is 4.74 Å². The molecule has 1 N–H and O–H groups in total. The summed E-state index contributed by atoms with van der Waals surface area (Å²) in [6, 6.07) is 0.282. The zero-order chi connectivity index (χ0) is 11.7. The number of carbonyl (C=O) groups excluding carboxylic acids is 1. The zero-order valence-electron chi connectivity index (χ0n) is 10.4. The number of ether oxygens (including phenoxy) is 1. The summed E-state index contributed by atoms with van der Waals surface area (Å²) in [5.41, 5.74) is 0. The maximum atomic E-state index is 12.3. The van der Waals surface area contributed by atoms with Crippen LogP contribution >= 0.6 is 0 Å². The van der Waals surface area contributed by atoms with Crippen molar-refractivity contribution in [1.82, 2.24) is 10.2 Å². The van der Waals surface area contributed by atoms with E-state index in [9.17, 15) is 4.79 Å². The Bertz CT molecular complexity index is 264. The van der Waals surface area contributed by atoms with Crippen LogP contribution in [-0.4, -0.2) is 42.3 Å². The van der Waals surface area contributed by atoms with Crippen molar-refractivity contribution >= 4 is 5.91 Å². The molecular weight excluding hydrogens is 204 g/mol. The molecule has 4 heteroatoms. The van der Waals surface area contributed by atoms with Gasteiger partial charge in [0.2, 0.25) is 5.91 Å². The lowest BCUT2D eigenvalue weighted by molar-refractivity contribution is -0.132. The molecule has 0 saturated carbocycles. The molecule has 4 nitrogen and oxygen atoms in total. The minimum absolute atomic E-state index is 0.000556. The molecule has 4 atom stereocenters. The van der Waals surface area contributed by atoms with Crippen LogP contribution in [0.3, 0.4) is 0 Å². The van der Waals surface area contributed by atoms with Crippen molar-refractivity contribution in [3.8, 4) is 0 Å². The Labute approximate surface area is 97.3 Å². The van der Waals surface area contributed by atoms with Crippen molar-refractivity contribution in [2.75, 3.05) is 13.2 Å². The predicted molar refractivity (Wildman–Crippen MR) is 61.9 cm³/mol. The van der Waals surface area contributed by atoms with Crippen LogP contribution in [0.5, 0.6) is 0 Å². The SMILES string of the molecule is CCC(C)C1NC(C)N(C2CCOC2)C1=O. The number of hydrogen-bond donors (Lipinski definition) is 1. The number of hydrogen-bond acceptors (Lipinski definition) is 3. The van der Waals surface area contributed by atoms with Gasteiger partial charge in [0.25, 0.3) is 0 Å². The largest absolute Gasteiger partial charge is 0.379 e. The Hall–Kier alpha value is -0.610. The van der Waals surface area contributed by atoms with Crippen molar-refractivity contribution < 1.29 is 9.53 Å². The van der Waals surface area contributed by atoms with Gasteiger partial charge in [-0.3, -0.25) is 10.1 Å². The van der Waals surface area contributed by atoms with Gasteiger partial charge >= 0.3 is 0 Å². The monoisotopic (exact) mass is 226 g/mol. The second-order valence-electron chi connectivity index (χ2n) is 4.97. The number of carbonyl (C=O) groups is 1. The van der Waals surface area contributed by atoms with Crippen LogP contribution in [0.25, 0.3) is 0 Å². The lowest BCUT2D eigenvalue weighted by atomic mass is 9.99. The van der Waals surface area contributed by atoms with E-state index in [2.05, 4.69) is 26.1 Å². The summed E-state index contributed by atoms with van der Waals surface area (Å²) in [6.45, 7) is 7.82. The zero-order valence-corrected chi connectivity index (χ0v) is 10.4. The van der Waals surface area contributed by atoms with Crippen molar-refractivity contribution in [3.05, 3.63) is 0 Å². The fourth-order valence-electron chi connectivity index (χ4n) is 2.64. The van der Waals surface area contributed by atoms with Gasteiger partial charge in [0.05, 0.1) is 24.9 Å². The molecule has 2 aliphatic heterocycles. The molecule has 2 rings (SSSR count). The van der Waals surface area contributed by atoms with Crippen LogP contribution < -0.4 is 5.32 Å². The van der Waals surface area contributed by atoms with Crippen molar-refractivity contribution in [3.63, 3.8) is 0 Å². The highest BCUT2D eigenvalue weighted by atomic mass is 16.5. The van der Waals surface area contributed by atoms with Crippen molar-refractivity contribution in [2.24, 2.45) is 5.92 Å². The van der Waals surface area contributed by atoms with Crippen LogP contribution in [0.4, 0.5) is 0 Å². The molecule has 0 radical (unpaired) electrons. The normalized spacial score (nSPS) is 37.1. The molecular formula is C12H22N2O2. The van der Waals surface area contributed by atoms with E-state index in [0.717, 1.165) is 19.4 Å². The molecule has 2 heterocycles. The minimum Gasteiger partial charge on any atom is -0.379 e. The van der Waals surface area contributed by atoms with E-state index in [-0.39, 0.29) is 24.2 Å². The highest BCUT2D eigenvalue weighted by molar-refractivity contribution is 5.85. The maximum Gasteiger partial charge on any atom is 0.241 e. The second-order valence-corrected chi connectivity index (χ2v) is 4.97. The third-order valence-electron chi connectivity index (χ3n) is 3.87. The average Bonchev–Trinajstić information content (AvgIpc) is 2.86. The van der Waals surface area contributed by atoms with E-state index >= 15 is 0 Å². The molecule has 2 saturated heterocycles. The van der Waals surface area contributed by atoms with Gasteiger partial charge in [-0.2, -0.15) is 0 Å². The van der Waals surface area contributed by atoms with Crippen LogP contribution in [0.1, 0.15) is 33.6 Å². The third kappa shape index (κ3) is 1.96. The predicted octanol–water partition coefficient (Wildman–Crippen LogP) is 0.968. The fourth-order valence-corrected chi connectivity index (χ4v) is 2.64. The molecule has 4 unspecified atom stereocenters. The summed E-state index contributed by atoms with van der Waals surface area (Å²) in [5.74, 6) is 0.666. The first kappa shape index (κ1) is 11.9. The smallest absolute Gasteiger partial charge is 0.241 e. The van der Waals surface area contributed by atoms with E-state index in [1.165, 1.54) is 0 Å². The van der Waals surface area contributed by atoms with E-state index in [0.29, 0.717) is 12.5 Å². The van der Waals surface area contributed by atoms with E-state index < -0.39 is 0 Å². The standard InChI is InChI=1S/C12H22N2O2/c1-4-8(2)11-12(15)14(9(3)13-11)10-5-6-16-7-10/h8-11,13H,4-7H2,1-3H3. The fraction of sp³-hybridized carbons (Fsp3) is 0.917. The Morgan fingerprint density at radius 3 is 2.94 bits per heavy atom. The molecule has 2 fully saturated rings. The summed E-state index contributed by atoms with van der Waals surface area (Å²) < 4.78 is 5.37. The van der Waals surface area contributed by atoms with Crippen LogP contribution in [-0.2, 0) is 9.53 Å². The van der Waals surface area contributed by atoms with E-state index in [1.807, 2.05) is 4.90 Å². The molecule has 0 aromatic heterocycles. The van der Waals surface area contributed by atoms with Crippen LogP contribution in [0.2, 0.25) is 0 Å². The second kappa shape index (κ2) is 4.72. The summed E-state index contributed by atoms with van der Waals surface area (Å²) in [5, 5.41) is 3.40. The number of nitrogens with zero attached hydrogens (tertiary/aromatic N) is 1.